The lowest BCUT2D eigenvalue weighted by molar-refractivity contribution is -0.248. The maximum atomic E-state index is 9.20. The summed E-state index contributed by atoms with van der Waals surface area (Å²) in [6.07, 6.45) is -9.70. The quantitative estimate of drug-likeness (QED) is 0.172. The van der Waals surface area contributed by atoms with E-state index in [1.165, 1.54) is 0 Å². The van der Waals surface area contributed by atoms with E-state index in [2.05, 4.69) is 0 Å². The van der Waals surface area contributed by atoms with E-state index < -0.39 is 84.9 Å². The third kappa shape index (κ3) is 9.38. The second-order valence-corrected chi connectivity index (χ2v) is 6.96. The molecular weight excluding hydrogens is 428 g/mol. The first-order valence-corrected chi connectivity index (χ1v) is 9.37. The minimum Gasteiger partial charge on any atom is -0.394 e. The Kier molecular flexibility index (Phi) is 12.0. The van der Waals surface area contributed by atoms with Gasteiger partial charge in [-0.25, -0.2) is 0 Å². The first-order valence-electron chi connectivity index (χ1n) is 7.97. The van der Waals surface area contributed by atoms with Crippen LogP contribution in [0, 0.1) is 0 Å². The fraction of sp³-hybridized carbons (Fsp3) is 1.00. The van der Waals surface area contributed by atoms with Crippen LogP contribution >= 0.6 is 0 Å². The number of nitrogens with two attached hydrogens (primary N) is 2. The highest BCUT2D eigenvalue weighted by atomic mass is 32.3. The molecule has 2 aliphatic heterocycles. The number of hydrogen-bond donors (Lipinski definition) is 12. The molecule has 0 radical (unpaired) electrons. The van der Waals surface area contributed by atoms with Crippen molar-refractivity contribution in [2.24, 2.45) is 11.5 Å². The van der Waals surface area contributed by atoms with Crippen LogP contribution in [0.15, 0.2) is 0 Å². The van der Waals surface area contributed by atoms with E-state index in [4.69, 9.17) is 58.9 Å². The molecule has 0 saturated carbocycles. The molecular formula is C12H28N2O14S. The van der Waals surface area contributed by atoms with Crippen LogP contribution in [0.2, 0.25) is 0 Å². The Labute approximate surface area is 165 Å². The lowest BCUT2D eigenvalue weighted by atomic mass is 9.98. The second kappa shape index (κ2) is 12.3. The molecule has 176 valence electrons. The summed E-state index contributed by atoms with van der Waals surface area (Å²) < 4.78 is 41.0. The van der Waals surface area contributed by atoms with Gasteiger partial charge >= 0.3 is 10.4 Å². The molecule has 0 amide bonds. The molecule has 0 spiro atoms. The van der Waals surface area contributed by atoms with E-state index in [0.717, 1.165) is 0 Å². The molecule has 2 saturated heterocycles. The van der Waals surface area contributed by atoms with Gasteiger partial charge in [0.2, 0.25) is 0 Å². The van der Waals surface area contributed by atoms with Crippen LogP contribution in [0.4, 0.5) is 0 Å². The van der Waals surface area contributed by atoms with E-state index in [1.807, 2.05) is 0 Å². The minimum atomic E-state index is -4.67. The standard InChI is InChI=1S/2C6H13NO5.H2O4S/c2*7-3-5(10)4(9)2(1-8)12-6(3)11;1-5(2,3)4/h2*2-6,8-11H,1,7H2;(H2,1,2,3,4)/t2*2-,3-,4-,5-,6-;/m11./s1. The molecule has 2 heterocycles. The van der Waals surface area contributed by atoms with Crippen molar-refractivity contribution >= 4 is 10.4 Å². The molecule has 0 aromatic heterocycles. The number of aliphatic hydroxyl groups is 8. The average Bonchev–Trinajstić information content (AvgIpc) is 2.63. The second-order valence-electron chi connectivity index (χ2n) is 6.06. The van der Waals surface area contributed by atoms with Gasteiger partial charge in [-0.1, -0.05) is 0 Å². The van der Waals surface area contributed by atoms with Crippen LogP contribution in [0.1, 0.15) is 0 Å². The van der Waals surface area contributed by atoms with Crippen molar-refractivity contribution < 1.29 is 67.8 Å². The maximum absolute atomic E-state index is 9.20. The van der Waals surface area contributed by atoms with Gasteiger partial charge in [0, 0.05) is 0 Å². The first kappa shape index (κ1) is 28.4. The molecule has 29 heavy (non-hydrogen) atoms. The summed E-state index contributed by atoms with van der Waals surface area (Å²) in [5, 5.41) is 72.1. The van der Waals surface area contributed by atoms with Crippen molar-refractivity contribution in [1.29, 1.82) is 0 Å². The Bertz CT molecular complexity index is 515. The van der Waals surface area contributed by atoms with Gasteiger partial charge < -0.3 is 61.8 Å². The van der Waals surface area contributed by atoms with Gasteiger partial charge in [-0.2, -0.15) is 8.42 Å². The third-order valence-electron chi connectivity index (χ3n) is 3.90. The highest BCUT2D eigenvalue weighted by Crippen LogP contribution is 2.18. The van der Waals surface area contributed by atoms with E-state index in [-0.39, 0.29) is 0 Å². The molecule has 14 N–H and O–H groups in total. The van der Waals surface area contributed by atoms with E-state index >= 15 is 0 Å². The zero-order valence-corrected chi connectivity index (χ0v) is 15.7. The third-order valence-corrected chi connectivity index (χ3v) is 3.90. The Morgan fingerprint density at radius 3 is 1.10 bits per heavy atom. The van der Waals surface area contributed by atoms with E-state index in [9.17, 15) is 20.4 Å². The Hall–Kier alpha value is -0.610. The topological polar surface area (TPSA) is 307 Å². The molecule has 17 heteroatoms. The zero-order valence-electron chi connectivity index (χ0n) is 14.9. The summed E-state index contributed by atoms with van der Waals surface area (Å²) in [5.74, 6) is 0. The van der Waals surface area contributed by atoms with E-state index in [0.29, 0.717) is 0 Å². The fourth-order valence-electron chi connectivity index (χ4n) is 2.24. The largest absolute Gasteiger partial charge is 0.394 e. The van der Waals surface area contributed by atoms with Crippen molar-refractivity contribution in [3.8, 4) is 0 Å². The lowest BCUT2D eigenvalue weighted by Gasteiger charge is -2.38. The van der Waals surface area contributed by atoms with Crippen LogP contribution in [-0.2, 0) is 19.9 Å². The van der Waals surface area contributed by atoms with Gasteiger partial charge in [0.1, 0.15) is 36.6 Å². The number of aliphatic hydroxyl groups excluding tert-OH is 8. The van der Waals surface area contributed by atoms with Crippen LogP contribution in [0.3, 0.4) is 0 Å². The van der Waals surface area contributed by atoms with Gasteiger partial charge in [0.05, 0.1) is 25.3 Å². The zero-order chi connectivity index (χ0) is 23.1. The highest BCUT2D eigenvalue weighted by molar-refractivity contribution is 7.79. The normalized spacial score (nSPS) is 42.8. The van der Waals surface area contributed by atoms with Gasteiger partial charge in [0.25, 0.3) is 0 Å². The monoisotopic (exact) mass is 456 g/mol. The summed E-state index contributed by atoms with van der Waals surface area (Å²) in [7, 11) is -4.67. The minimum absolute atomic E-state index is 0.470. The first-order chi connectivity index (χ1) is 13.1. The Morgan fingerprint density at radius 2 is 0.897 bits per heavy atom. The molecule has 10 atom stereocenters. The number of hydrogen-bond acceptors (Lipinski definition) is 14. The predicted octanol–water partition coefficient (Wildman–Crippen LogP) is -7.16. The highest BCUT2D eigenvalue weighted by Gasteiger charge is 2.42. The van der Waals surface area contributed by atoms with Crippen molar-refractivity contribution in [3.63, 3.8) is 0 Å². The van der Waals surface area contributed by atoms with Crippen molar-refractivity contribution in [2.75, 3.05) is 13.2 Å². The van der Waals surface area contributed by atoms with Gasteiger partial charge in [0.15, 0.2) is 12.6 Å². The SMILES string of the molecule is N[C@@H]1[C@@H](O)[C@H](O)[C@@H](CO)O[C@H]1O.N[C@@H]1[C@@H](O)[C@H](O)[C@@H](CO)O[C@H]1O.O=S(=O)(O)O. The summed E-state index contributed by atoms with van der Waals surface area (Å²) in [4.78, 5) is 0. The molecule has 2 fully saturated rings. The maximum Gasteiger partial charge on any atom is 0.394 e. The van der Waals surface area contributed by atoms with Gasteiger partial charge in [-0.3, -0.25) is 9.11 Å². The molecule has 0 aromatic carbocycles. The average molecular weight is 456 g/mol. The predicted molar refractivity (Wildman–Crippen MR) is 90.1 cm³/mol. The van der Waals surface area contributed by atoms with Crippen molar-refractivity contribution in [2.45, 2.75) is 61.3 Å². The molecule has 16 nitrogen and oxygen atoms in total. The Morgan fingerprint density at radius 1 is 0.655 bits per heavy atom. The lowest BCUT2D eigenvalue weighted by Crippen LogP contribution is -2.61. The summed E-state index contributed by atoms with van der Waals surface area (Å²) in [6, 6.07) is -2.08. The van der Waals surface area contributed by atoms with Gasteiger partial charge in [-0.05, 0) is 0 Å². The molecule has 2 aliphatic rings. The van der Waals surface area contributed by atoms with Crippen LogP contribution < -0.4 is 11.5 Å². The van der Waals surface area contributed by atoms with E-state index in [1.54, 1.807) is 0 Å². The molecule has 2 rings (SSSR count). The number of ether oxygens (including phenoxy) is 2. The molecule has 0 aromatic rings. The van der Waals surface area contributed by atoms with Crippen LogP contribution in [0.25, 0.3) is 0 Å². The van der Waals surface area contributed by atoms with Crippen LogP contribution in [-0.4, -0.2) is 133 Å². The smallest absolute Gasteiger partial charge is 0.394 e. The molecule has 0 bridgehead atoms. The summed E-state index contributed by atoms with van der Waals surface area (Å²) >= 11 is 0. The number of rotatable bonds is 2. The van der Waals surface area contributed by atoms with Crippen molar-refractivity contribution in [1.82, 2.24) is 0 Å². The van der Waals surface area contributed by atoms with Gasteiger partial charge in [-0.15, -0.1) is 0 Å². The van der Waals surface area contributed by atoms with Crippen molar-refractivity contribution in [3.05, 3.63) is 0 Å². The summed E-state index contributed by atoms with van der Waals surface area (Å²) in [6.45, 7) is -0.940. The Balaban J connectivity index is 0.000000442. The molecule has 0 aliphatic carbocycles. The summed E-state index contributed by atoms with van der Waals surface area (Å²) in [5.41, 5.74) is 10.5. The fourth-order valence-corrected chi connectivity index (χ4v) is 2.24. The molecule has 0 unspecified atom stereocenters. The van der Waals surface area contributed by atoms with Crippen LogP contribution in [0.5, 0.6) is 0 Å².